The van der Waals surface area contributed by atoms with E-state index in [1.165, 1.54) is 11.1 Å². The molecule has 1 saturated heterocycles. The Hall–Kier alpha value is -2.43. The van der Waals surface area contributed by atoms with E-state index in [-0.39, 0.29) is 5.41 Å². The predicted octanol–water partition coefficient (Wildman–Crippen LogP) is 4.99. The molecule has 2 heterocycles. The number of piperidine rings is 1. The minimum atomic E-state index is -3.62. The Morgan fingerprint density at radius 2 is 1.41 bits per heavy atom. The van der Waals surface area contributed by atoms with E-state index in [2.05, 4.69) is 37.3 Å². The smallest absolute Gasteiger partial charge is 0.207 e. The van der Waals surface area contributed by atoms with Crippen molar-refractivity contribution in [1.82, 2.24) is 4.31 Å². The van der Waals surface area contributed by atoms with Crippen molar-refractivity contribution in [3.63, 3.8) is 0 Å². The van der Waals surface area contributed by atoms with Gasteiger partial charge in [0, 0.05) is 12.0 Å². The van der Waals surface area contributed by atoms with Crippen molar-refractivity contribution >= 4 is 10.0 Å². The Balaban J connectivity index is 1.74. The van der Waals surface area contributed by atoms with Crippen molar-refractivity contribution in [1.29, 1.82) is 0 Å². The number of benzene rings is 3. The molecule has 29 heavy (non-hydrogen) atoms. The normalized spacial score (nSPS) is 26.3. The van der Waals surface area contributed by atoms with Crippen LogP contribution in [0.15, 0.2) is 83.8 Å². The minimum Gasteiger partial charge on any atom is -0.207 e. The van der Waals surface area contributed by atoms with E-state index in [1.54, 1.807) is 16.4 Å². The van der Waals surface area contributed by atoms with Crippen LogP contribution in [-0.2, 0) is 21.0 Å². The van der Waals surface area contributed by atoms with Gasteiger partial charge in [0.1, 0.15) is 0 Å². The van der Waals surface area contributed by atoms with Crippen LogP contribution in [0.5, 0.6) is 0 Å². The lowest BCUT2D eigenvalue weighted by Crippen LogP contribution is -2.63. The highest BCUT2D eigenvalue weighted by Crippen LogP contribution is 2.57. The molecule has 1 fully saturated rings. The zero-order valence-corrected chi connectivity index (χ0v) is 17.6. The van der Waals surface area contributed by atoms with Gasteiger partial charge in [-0.2, -0.15) is 4.31 Å². The van der Waals surface area contributed by atoms with Crippen LogP contribution in [0.4, 0.5) is 0 Å². The lowest BCUT2D eigenvalue weighted by molar-refractivity contribution is 0.0786. The maximum atomic E-state index is 13.8. The number of hydrogen-bond acceptors (Lipinski definition) is 2. The van der Waals surface area contributed by atoms with Gasteiger partial charge in [-0.25, -0.2) is 8.42 Å². The highest BCUT2D eigenvalue weighted by molar-refractivity contribution is 7.89. The Morgan fingerprint density at radius 1 is 0.793 bits per heavy atom. The average molecular weight is 404 g/mol. The highest BCUT2D eigenvalue weighted by Gasteiger charge is 2.58. The van der Waals surface area contributed by atoms with Gasteiger partial charge in [-0.15, -0.1) is 0 Å². The molecule has 3 aromatic carbocycles. The molecule has 0 spiro atoms. The van der Waals surface area contributed by atoms with Crippen LogP contribution in [0.2, 0.25) is 0 Å². The summed E-state index contributed by atoms with van der Waals surface area (Å²) in [6, 6.07) is 26.0. The van der Waals surface area contributed by atoms with Gasteiger partial charge in [-0.3, -0.25) is 0 Å². The van der Waals surface area contributed by atoms with E-state index in [4.69, 9.17) is 0 Å². The first-order valence-corrected chi connectivity index (χ1v) is 11.6. The fourth-order valence-electron chi connectivity index (χ4n) is 5.28. The summed E-state index contributed by atoms with van der Waals surface area (Å²) in [5.74, 6) is 0. The fraction of sp³-hybridized carbons (Fsp3) is 0.280. The topological polar surface area (TPSA) is 37.4 Å². The van der Waals surface area contributed by atoms with Crippen LogP contribution in [0.3, 0.4) is 0 Å². The Labute approximate surface area is 173 Å². The standard InChI is InChI=1S/C25H25NO2S/c1-19-12-14-21(15-13-19)29(27,28)26-18-25(20-8-4-3-5-9-20)17-16-24(26,2)22-10-6-7-11-23(22)25/h3-15H,16-18H2,1-2H3/t24-,25-/m0/s1. The quantitative estimate of drug-likeness (QED) is 0.617. The largest absolute Gasteiger partial charge is 0.243 e. The van der Waals surface area contributed by atoms with Crippen LogP contribution in [-0.4, -0.2) is 19.3 Å². The summed E-state index contributed by atoms with van der Waals surface area (Å²) in [6.45, 7) is 4.54. The zero-order chi connectivity index (χ0) is 20.3. The van der Waals surface area contributed by atoms with Crippen LogP contribution >= 0.6 is 0 Å². The number of aryl methyl sites for hydroxylation is 1. The first kappa shape index (κ1) is 18.6. The maximum absolute atomic E-state index is 13.8. The fourth-order valence-corrected chi connectivity index (χ4v) is 7.12. The summed E-state index contributed by atoms with van der Waals surface area (Å²) in [5.41, 5.74) is 3.82. The molecule has 2 bridgehead atoms. The summed E-state index contributed by atoms with van der Waals surface area (Å²) < 4.78 is 29.4. The van der Waals surface area contributed by atoms with Crippen molar-refractivity contribution in [3.8, 4) is 0 Å². The molecule has 0 unspecified atom stereocenters. The lowest BCUT2D eigenvalue weighted by atomic mass is 9.58. The Bertz CT molecular complexity index is 1170. The molecular formula is C25H25NO2S. The third-order valence-electron chi connectivity index (χ3n) is 6.96. The molecule has 2 atom stereocenters. The molecule has 3 aromatic rings. The molecule has 148 valence electrons. The number of sulfonamides is 1. The van der Waals surface area contributed by atoms with Crippen LogP contribution < -0.4 is 0 Å². The van der Waals surface area contributed by atoms with Gasteiger partial charge < -0.3 is 0 Å². The second-order valence-electron chi connectivity index (χ2n) is 8.59. The van der Waals surface area contributed by atoms with Gasteiger partial charge in [0.2, 0.25) is 10.0 Å². The summed E-state index contributed by atoms with van der Waals surface area (Å²) in [5, 5.41) is 0. The van der Waals surface area contributed by atoms with Crippen LogP contribution in [0.25, 0.3) is 0 Å². The number of rotatable bonds is 3. The van der Waals surface area contributed by atoms with Gasteiger partial charge in [0.05, 0.1) is 10.4 Å². The molecule has 0 aromatic heterocycles. The molecule has 0 radical (unpaired) electrons. The van der Waals surface area contributed by atoms with Crippen molar-refractivity contribution < 1.29 is 8.42 Å². The van der Waals surface area contributed by atoms with Gasteiger partial charge in [0.25, 0.3) is 0 Å². The first-order valence-electron chi connectivity index (χ1n) is 10.1. The zero-order valence-electron chi connectivity index (χ0n) is 16.8. The van der Waals surface area contributed by atoms with Crippen molar-refractivity contribution in [2.24, 2.45) is 0 Å². The average Bonchev–Trinajstić information content (AvgIpc) is 2.75. The monoisotopic (exact) mass is 403 g/mol. The van der Waals surface area contributed by atoms with Gasteiger partial charge in [0.15, 0.2) is 0 Å². The van der Waals surface area contributed by atoms with Gasteiger partial charge >= 0.3 is 0 Å². The maximum Gasteiger partial charge on any atom is 0.243 e. The van der Waals surface area contributed by atoms with E-state index >= 15 is 0 Å². The molecule has 1 aliphatic carbocycles. The van der Waals surface area contributed by atoms with E-state index in [1.807, 2.05) is 43.3 Å². The molecule has 4 heteroatoms. The van der Waals surface area contributed by atoms with E-state index in [0.29, 0.717) is 11.4 Å². The predicted molar refractivity (Wildman–Crippen MR) is 115 cm³/mol. The van der Waals surface area contributed by atoms with Crippen molar-refractivity contribution in [2.75, 3.05) is 6.54 Å². The third-order valence-corrected chi connectivity index (χ3v) is 8.94. The lowest BCUT2D eigenvalue weighted by Gasteiger charge is -2.58. The molecule has 3 nitrogen and oxygen atoms in total. The summed E-state index contributed by atoms with van der Waals surface area (Å²) in [4.78, 5) is 0.373. The molecule has 0 saturated carbocycles. The first-order chi connectivity index (χ1) is 13.9. The number of hydrogen-bond donors (Lipinski definition) is 0. The van der Waals surface area contributed by atoms with Gasteiger partial charge in [-0.05, 0) is 55.5 Å². The Kier molecular flexibility index (Phi) is 4.03. The van der Waals surface area contributed by atoms with E-state index in [0.717, 1.165) is 24.0 Å². The number of fused-ring (bicyclic) bond motifs is 2. The van der Waals surface area contributed by atoms with Crippen molar-refractivity contribution in [2.45, 2.75) is 42.5 Å². The van der Waals surface area contributed by atoms with Crippen LogP contribution in [0.1, 0.15) is 42.0 Å². The Morgan fingerprint density at radius 3 is 2.10 bits per heavy atom. The van der Waals surface area contributed by atoms with E-state index < -0.39 is 15.6 Å². The molecule has 2 aliphatic heterocycles. The molecule has 3 aliphatic rings. The molecular weight excluding hydrogens is 378 g/mol. The minimum absolute atomic E-state index is 0.312. The SMILES string of the molecule is Cc1ccc(S(=O)(=O)N2C[C@]3(c4ccccc4)CC[C@@]2(C)c2ccccc23)cc1. The molecule has 0 N–H and O–H groups in total. The van der Waals surface area contributed by atoms with Crippen LogP contribution in [0, 0.1) is 6.92 Å². The molecule has 6 rings (SSSR count). The third kappa shape index (κ3) is 2.55. The molecule has 0 amide bonds. The van der Waals surface area contributed by atoms with E-state index in [9.17, 15) is 8.42 Å². The summed E-state index contributed by atoms with van der Waals surface area (Å²) in [6.07, 6.45) is 1.76. The number of nitrogens with zero attached hydrogens (tertiary/aromatic N) is 1. The van der Waals surface area contributed by atoms with Gasteiger partial charge in [-0.1, -0.05) is 72.3 Å². The summed E-state index contributed by atoms with van der Waals surface area (Å²) >= 11 is 0. The second-order valence-corrected chi connectivity index (χ2v) is 10.5. The summed E-state index contributed by atoms with van der Waals surface area (Å²) in [7, 11) is -3.62. The second kappa shape index (κ2) is 6.28. The van der Waals surface area contributed by atoms with Crippen molar-refractivity contribution in [3.05, 3.63) is 101 Å². The highest BCUT2D eigenvalue weighted by atomic mass is 32.2.